The molecular weight excluding hydrogens is 402 g/mol. The van der Waals surface area contributed by atoms with Crippen molar-refractivity contribution in [3.8, 4) is 0 Å². The van der Waals surface area contributed by atoms with E-state index in [4.69, 9.17) is 0 Å². The molecule has 0 spiro atoms. The van der Waals surface area contributed by atoms with Crippen LogP contribution in [0.5, 0.6) is 0 Å². The van der Waals surface area contributed by atoms with E-state index in [0.29, 0.717) is 20.8 Å². The molecule has 0 rings (SSSR count). The zero-order chi connectivity index (χ0) is 4.12. The first kappa shape index (κ1) is 7.32. The fourth-order valence-corrected chi connectivity index (χ4v) is 8.80. The molecule has 0 aliphatic carbocycles. The van der Waals surface area contributed by atoms with Gasteiger partial charge in [0.15, 0.2) is 0 Å². The molecule has 0 radical (unpaired) electrons. The average molecular weight is 405 g/mol. The van der Waals surface area contributed by atoms with E-state index in [2.05, 4.69) is 44.7 Å². The van der Waals surface area contributed by atoms with Gasteiger partial charge in [0.1, 0.15) is 0 Å². The van der Waals surface area contributed by atoms with E-state index < -0.39 is 0 Å². The van der Waals surface area contributed by atoms with Gasteiger partial charge in [0.25, 0.3) is 0 Å². The summed E-state index contributed by atoms with van der Waals surface area (Å²) in [5, 5.41) is 0. The molecule has 0 fully saturated rings. The van der Waals surface area contributed by atoms with Crippen LogP contribution in [0.2, 0.25) is 0 Å². The third-order valence-corrected chi connectivity index (χ3v) is 6.94. The van der Waals surface area contributed by atoms with E-state index in [1.165, 1.54) is 5.98 Å². The van der Waals surface area contributed by atoms with E-state index in [1.807, 2.05) is 0 Å². The van der Waals surface area contributed by atoms with Crippen molar-refractivity contribution in [1.29, 1.82) is 0 Å². The first-order valence-corrected chi connectivity index (χ1v) is 7.46. The van der Waals surface area contributed by atoms with Gasteiger partial charge in [-0.3, -0.25) is 0 Å². The number of hydrogen-bond donors (Lipinski definition) is 0. The molecule has 0 N–H and O–H groups in total. The summed E-state index contributed by atoms with van der Waals surface area (Å²) in [4.78, 5) is 0. The van der Waals surface area contributed by atoms with Crippen LogP contribution < -0.4 is 0 Å². The van der Waals surface area contributed by atoms with Crippen LogP contribution in [-0.2, 0) is 0 Å². The zero-order valence-electron chi connectivity index (χ0n) is 2.58. The van der Waals surface area contributed by atoms with Crippen LogP contribution in [0.25, 0.3) is 0 Å². The van der Waals surface area contributed by atoms with Crippen molar-refractivity contribution in [2.24, 2.45) is 0 Å². The molecule has 0 aliphatic rings. The van der Waals surface area contributed by atoms with Gasteiger partial charge in [0.2, 0.25) is 0 Å². The Hall–Kier alpha value is 2.32. The predicted octanol–water partition coefficient (Wildman–Crippen LogP) is 1.09. The second kappa shape index (κ2) is 6.32. The van der Waals surface area contributed by atoms with E-state index in [1.54, 1.807) is 0 Å². The van der Waals surface area contributed by atoms with Gasteiger partial charge in [0.05, 0.1) is 0 Å². The number of hydrogen-bond acceptors (Lipinski definition) is 0. The minimum absolute atomic E-state index is 0.467. The van der Waals surface area contributed by atoms with Crippen molar-refractivity contribution in [1.82, 2.24) is 0 Å². The second-order valence-corrected chi connectivity index (χ2v) is 11.2. The molecule has 0 atom stereocenters. The van der Waals surface area contributed by atoms with Gasteiger partial charge in [0, 0.05) is 0 Å². The Kier molecular flexibility index (Phi) is 9.25. The van der Waals surface area contributed by atoms with Gasteiger partial charge in [-0.05, 0) is 0 Å². The molecule has 0 bridgehead atoms. The Labute approximate surface area is 70.2 Å². The van der Waals surface area contributed by atoms with E-state index >= 15 is 0 Å². The first-order chi connectivity index (χ1) is 2.41. The first-order valence-electron chi connectivity index (χ1n) is 1.11. The zero-order valence-corrected chi connectivity index (χ0v) is 9.22. The summed E-state index contributed by atoms with van der Waals surface area (Å²) in [6, 6.07) is 0. The molecule has 0 aliphatic heterocycles. The second-order valence-electron chi connectivity index (χ2n) is 0.422. The molecule has 0 aromatic rings. The molecule has 0 saturated carbocycles. The van der Waals surface area contributed by atoms with Gasteiger partial charge in [-0.15, -0.1) is 0 Å². The Bertz CT molecular complexity index is 12.4. The maximum atomic E-state index is 2.44. The van der Waals surface area contributed by atoms with Crippen molar-refractivity contribution >= 4 is 71.5 Å². The molecule has 5 heavy (non-hydrogen) atoms. The Morgan fingerprint density at radius 1 is 1.20 bits per heavy atom. The minimum atomic E-state index is 0.467. The monoisotopic (exact) mass is 406 g/mol. The third kappa shape index (κ3) is 6.32. The average Bonchev–Trinajstić information content (AvgIpc) is 1.41. The summed E-state index contributed by atoms with van der Waals surface area (Å²) in [5.41, 5.74) is 0. The van der Waals surface area contributed by atoms with Crippen molar-refractivity contribution in [2.45, 2.75) is 0 Å². The summed E-state index contributed by atoms with van der Waals surface area (Å²) >= 11 is 5.35. The predicted molar refractivity (Wildman–Crippen MR) is 57.8 cm³/mol. The molecule has 5 heteroatoms. The molecule has 0 heterocycles. The maximum absolute atomic E-state index is 2.44. The Morgan fingerprint density at radius 3 is 1.60 bits per heavy atom. The normalized spacial score (nSPS) is 7.60. The molecule has 0 amide bonds. The summed E-state index contributed by atoms with van der Waals surface area (Å²) in [7, 11) is 0. The molecule has 0 saturated heterocycles. The fourth-order valence-electron chi connectivity index (χ4n) is 0.0292. The summed E-state index contributed by atoms with van der Waals surface area (Å²) in [6.07, 6.45) is 0. The van der Waals surface area contributed by atoms with Crippen LogP contribution in [-0.4, -0.2) is 5.98 Å². The van der Waals surface area contributed by atoms with Gasteiger partial charge < -0.3 is 0 Å². The van der Waals surface area contributed by atoms with Crippen molar-refractivity contribution < 1.29 is 0 Å². The van der Waals surface area contributed by atoms with Gasteiger partial charge in [-0.25, -0.2) is 0 Å². The summed E-state index contributed by atoms with van der Waals surface area (Å²) in [6.45, 7) is 0. The third-order valence-electron chi connectivity index (χ3n) is 0.154. The Balaban J connectivity index is 2.19. The summed E-state index contributed by atoms with van der Waals surface area (Å²) < 4.78 is 2.87. The van der Waals surface area contributed by atoms with Crippen LogP contribution in [0, 0.1) is 0 Å². The van der Waals surface area contributed by atoms with Gasteiger partial charge in [-0.1, -0.05) is 0 Å². The quantitative estimate of drug-likeness (QED) is 0.477. The van der Waals surface area contributed by atoms with Crippen LogP contribution in [0.1, 0.15) is 0 Å². The molecular formula is H3B2I3. The Morgan fingerprint density at radius 2 is 1.60 bits per heavy atom. The van der Waals surface area contributed by atoms with E-state index in [9.17, 15) is 0 Å². The van der Waals surface area contributed by atoms with Gasteiger partial charge >= 0.3 is 71.5 Å². The van der Waals surface area contributed by atoms with Crippen molar-refractivity contribution in [2.75, 3.05) is 0 Å². The number of rotatable bonds is 2. The van der Waals surface area contributed by atoms with Crippen LogP contribution in [0.15, 0.2) is 0 Å². The van der Waals surface area contributed by atoms with E-state index in [0.717, 1.165) is 0 Å². The summed E-state index contributed by atoms with van der Waals surface area (Å²) in [5.74, 6) is 0. The van der Waals surface area contributed by atoms with Crippen LogP contribution >= 0.6 is 65.5 Å². The van der Waals surface area contributed by atoms with Gasteiger partial charge in [-0.2, -0.15) is 0 Å². The molecule has 0 unspecified atom stereocenters. The number of halogens is 3. The molecule has 0 nitrogen and oxygen atoms in total. The van der Waals surface area contributed by atoms with Crippen LogP contribution in [0.3, 0.4) is 0 Å². The SMILES string of the molecule is IB[IH]BI. The van der Waals surface area contributed by atoms with Crippen molar-refractivity contribution in [3.05, 3.63) is 0 Å². The topological polar surface area (TPSA) is 0 Å². The molecule has 0 aromatic heterocycles. The van der Waals surface area contributed by atoms with Crippen LogP contribution in [0.4, 0.5) is 0 Å². The standard InChI is InChI=1S/B2H3I3/c3-1-5-2-4/h1-2,5H. The fraction of sp³-hybridized carbons (Fsp3) is 0. The molecule has 0 aromatic carbocycles. The van der Waals surface area contributed by atoms with E-state index in [-0.39, 0.29) is 0 Å². The van der Waals surface area contributed by atoms with Crippen molar-refractivity contribution in [3.63, 3.8) is 0 Å². The molecule has 30 valence electrons.